The first-order valence-corrected chi connectivity index (χ1v) is 17.3. The molecule has 12 nitrogen and oxygen atoms in total. The molecular formula is C37H55N5O7. The summed E-state index contributed by atoms with van der Waals surface area (Å²) in [5.74, 6) is -3.65. The van der Waals surface area contributed by atoms with E-state index in [-0.39, 0.29) is 48.7 Å². The van der Waals surface area contributed by atoms with E-state index in [4.69, 9.17) is 0 Å². The fraction of sp³-hybridized carbons (Fsp3) is 0.649. The van der Waals surface area contributed by atoms with E-state index in [0.29, 0.717) is 24.9 Å². The van der Waals surface area contributed by atoms with Crippen molar-refractivity contribution in [3.05, 3.63) is 35.9 Å². The average Bonchev–Trinajstić information content (AvgIpc) is 3.67. The van der Waals surface area contributed by atoms with Crippen molar-refractivity contribution in [2.75, 3.05) is 20.6 Å². The minimum Gasteiger partial charge on any atom is -0.347 e. The van der Waals surface area contributed by atoms with Crippen molar-refractivity contribution in [1.29, 1.82) is 0 Å². The maximum atomic E-state index is 14.0. The van der Waals surface area contributed by atoms with Gasteiger partial charge in [-0.3, -0.25) is 28.8 Å². The molecule has 0 radical (unpaired) electrons. The van der Waals surface area contributed by atoms with Gasteiger partial charge in [-0.15, -0.1) is 0 Å². The third-order valence-corrected chi connectivity index (χ3v) is 9.08. The summed E-state index contributed by atoms with van der Waals surface area (Å²) in [6, 6.07) is 5.71. The van der Waals surface area contributed by atoms with Crippen molar-refractivity contribution in [3.63, 3.8) is 0 Å². The summed E-state index contributed by atoms with van der Waals surface area (Å²) in [7, 11) is 3.16. The second-order valence-electron chi connectivity index (χ2n) is 15.8. The topological polar surface area (TPSA) is 162 Å². The van der Waals surface area contributed by atoms with Crippen molar-refractivity contribution < 1.29 is 33.6 Å². The minimum absolute atomic E-state index is 0.0142. The van der Waals surface area contributed by atoms with Crippen LogP contribution in [0.1, 0.15) is 98.6 Å². The SMILES string of the molecule is CCCC(CC(=O)[C@@H]1[C@H]2C[C@H]2CN1C(=O)[C@@H](NC(=O)NC(C)(C)C)C(C)(C)C)C(=O)C(=O)CCC(=O)N[C@H](C(=O)N(C)C)c1ccccc1. The number of likely N-dealkylation sites (N-methyl/N-ethyl adjacent to an activating group) is 1. The Bertz CT molecular complexity index is 1410. The van der Waals surface area contributed by atoms with Crippen LogP contribution < -0.4 is 16.0 Å². The van der Waals surface area contributed by atoms with Crippen LogP contribution in [0.2, 0.25) is 0 Å². The lowest BCUT2D eigenvalue weighted by atomic mass is 9.84. The van der Waals surface area contributed by atoms with Crippen LogP contribution in [-0.4, -0.2) is 89.2 Å². The Hall–Kier alpha value is -4.09. The Labute approximate surface area is 290 Å². The Balaban J connectivity index is 1.67. The fourth-order valence-corrected chi connectivity index (χ4v) is 6.47. The number of hydrogen-bond donors (Lipinski definition) is 3. The summed E-state index contributed by atoms with van der Waals surface area (Å²) in [6.07, 6.45) is 0.836. The first-order valence-electron chi connectivity index (χ1n) is 17.3. The number of amides is 5. The predicted octanol–water partition coefficient (Wildman–Crippen LogP) is 3.59. The zero-order valence-corrected chi connectivity index (χ0v) is 30.6. The number of Topliss-reactive ketones (excluding diaryl/α,β-unsaturated/α-hetero) is 3. The molecule has 49 heavy (non-hydrogen) atoms. The summed E-state index contributed by atoms with van der Waals surface area (Å²) in [4.78, 5) is 95.7. The molecule has 1 aliphatic carbocycles. The molecule has 6 atom stereocenters. The first-order chi connectivity index (χ1) is 22.7. The molecule has 3 N–H and O–H groups in total. The van der Waals surface area contributed by atoms with E-state index in [1.807, 2.05) is 48.5 Å². The molecule has 0 aromatic heterocycles. The van der Waals surface area contributed by atoms with Gasteiger partial charge in [-0.05, 0) is 56.4 Å². The van der Waals surface area contributed by atoms with Gasteiger partial charge in [-0.1, -0.05) is 64.4 Å². The lowest BCUT2D eigenvalue weighted by Crippen LogP contribution is -2.60. The molecule has 5 amide bonds. The Kier molecular flexibility index (Phi) is 12.9. The van der Waals surface area contributed by atoms with Gasteiger partial charge in [0.05, 0.1) is 6.04 Å². The number of ketones is 3. The molecule has 2 aliphatic rings. The number of urea groups is 1. The lowest BCUT2D eigenvalue weighted by molar-refractivity contribution is -0.144. The van der Waals surface area contributed by atoms with Gasteiger partial charge in [0.25, 0.3) is 0 Å². The van der Waals surface area contributed by atoms with Crippen LogP contribution in [0.3, 0.4) is 0 Å². The van der Waals surface area contributed by atoms with E-state index >= 15 is 0 Å². The van der Waals surface area contributed by atoms with Crippen LogP contribution in [0.5, 0.6) is 0 Å². The van der Waals surface area contributed by atoms with Crippen molar-refractivity contribution in [2.24, 2.45) is 23.2 Å². The van der Waals surface area contributed by atoms with Crippen molar-refractivity contribution in [1.82, 2.24) is 25.8 Å². The molecule has 1 aliphatic heterocycles. The second kappa shape index (κ2) is 16.1. The molecule has 1 unspecified atom stereocenters. The molecule has 1 heterocycles. The zero-order valence-electron chi connectivity index (χ0n) is 30.6. The van der Waals surface area contributed by atoms with Crippen molar-refractivity contribution >= 4 is 41.1 Å². The van der Waals surface area contributed by atoms with Gasteiger partial charge in [0.15, 0.2) is 11.6 Å². The molecule has 12 heteroatoms. The van der Waals surface area contributed by atoms with Crippen molar-refractivity contribution in [3.8, 4) is 0 Å². The van der Waals surface area contributed by atoms with E-state index < -0.39 is 58.5 Å². The molecule has 270 valence electrons. The number of benzene rings is 1. The van der Waals surface area contributed by atoms with Crippen LogP contribution >= 0.6 is 0 Å². The summed E-state index contributed by atoms with van der Waals surface area (Å²) < 4.78 is 0. The number of likely N-dealkylation sites (tertiary alicyclic amines) is 1. The highest BCUT2D eigenvalue weighted by atomic mass is 16.2. The highest BCUT2D eigenvalue weighted by Crippen LogP contribution is 2.50. The quantitative estimate of drug-likeness (QED) is 0.239. The molecular weight excluding hydrogens is 626 g/mol. The van der Waals surface area contributed by atoms with E-state index in [2.05, 4.69) is 16.0 Å². The molecule has 1 saturated heterocycles. The Morgan fingerprint density at radius 2 is 1.55 bits per heavy atom. The van der Waals surface area contributed by atoms with E-state index in [9.17, 15) is 33.6 Å². The average molecular weight is 682 g/mol. The summed E-state index contributed by atoms with van der Waals surface area (Å²) in [5.41, 5.74) is -0.567. The summed E-state index contributed by atoms with van der Waals surface area (Å²) in [6.45, 7) is 13.3. The molecule has 2 fully saturated rings. The van der Waals surface area contributed by atoms with Gasteiger partial charge < -0.3 is 25.8 Å². The van der Waals surface area contributed by atoms with Crippen LogP contribution in [0.25, 0.3) is 0 Å². The number of carbonyl (C=O) groups excluding carboxylic acids is 7. The van der Waals surface area contributed by atoms with Gasteiger partial charge in [0, 0.05) is 51.4 Å². The normalized spacial score (nSPS) is 20.3. The summed E-state index contributed by atoms with van der Waals surface area (Å²) >= 11 is 0. The van der Waals surface area contributed by atoms with E-state index in [1.54, 1.807) is 49.3 Å². The third kappa shape index (κ3) is 10.7. The molecule has 0 spiro atoms. The first kappa shape index (κ1) is 39.3. The highest BCUT2D eigenvalue weighted by Gasteiger charge is 2.58. The number of carbonyl (C=O) groups is 7. The van der Waals surface area contributed by atoms with E-state index in [0.717, 1.165) is 6.42 Å². The number of nitrogens with one attached hydrogen (secondary N) is 3. The monoisotopic (exact) mass is 681 g/mol. The number of rotatable bonds is 15. The van der Waals surface area contributed by atoms with Crippen LogP contribution in [-0.2, 0) is 28.8 Å². The summed E-state index contributed by atoms with van der Waals surface area (Å²) in [5, 5.41) is 8.33. The number of nitrogens with zero attached hydrogens (tertiary/aromatic N) is 2. The smallest absolute Gasteiger partial charge is 0.315 e. The Morgan fingerprint density at radius 3 is 2.10 bits per heavy atom. The predicted molar refractivity (Wildman–Crippen MR) is 185 cm³/mol. The minimum atomic E-state index is -0.941. The molecule has 3 rings (SSSR count). The van der Waals surface area contributed by atoms with Gasteiger partial charge in [-0.2, -0.15) is 0 Å². The zero-order chi connectivity index (χ0) is 36.8. The Morgan fingerprint density at radius 1 is 0.918 bits per heavy atom. The highest BCUT2D eigenvalue weighted by molar-refractivity contribution is 6.38. The third-order valence-electron chi connectivity index (χ3n) is 9.08. The second-order valence-corrected chi connectivity index (χ2v) is 15.8. The van der Waals surface area contributed by atoms with Crippen molar-refractivity contribution in [2.45, 2.75) is 111 Å². The number of fused-ring (bicyclic) bond motifs is 1. The van der Waals surface area contributed by atoms with E-state index in [1.165, 1.54) is 4.90 Å². The molecule has 1 aromatic carbocycles. The maximum absolute atomic E-state index is 14.0. The maximum Gasteiger partial charge on any atom is 0.315 e. The standard InChI is InChI=1S/C37H55N5O7/c1-10-14-23(31(46)26(43)17-18-28(45)38-29(33(47)41(8)9)22-15-12-11-13-16-22)20-27(44)30-25-19-24(25)21-42(30)34(48)32(36(2,3)4)39-35(49)40-37(5,6)7/h11-13,15-16,23-25,29-30,32H,10,14,17-21H2,1-9H3,(H,38,45)(H2,39,40,49)/t23?,24-,25-,29-,30-,32+/m0/s1. The molecule has 0 bridgehead atoms. The van der Waals surface area contributed by atoms with Crippen LogP contribution in [0.4, 0.5) is 4.79 Å². The fourth-order valence-electron chi connectivity index (χ4n) is 6.47. The number of hydrogen-bond acceptors (Lipinski definition) is 7. The van der Waals surface area contributed by atoms with Gasteiger partial charge in [-0.25, -0.2) is 4.79 Å². The lowest BCUT2D eigenvalue weighted by Gasteiger charge is -2.37. The van der Waals surface area contributed by atoms with Crippen LogP contribution in [0.15, 0.2) is 30.3 Å². The van der Waals surface area contributed by atoms with Gasteiger partial charge >= 0.3 is 6.03 Å². The molecule has 1 aromatic rings. The molecule has 1 saturated carbocycles. The van der Waals surface area contributed by atoms with Gasteiger partial charge in [0.1, 0.15) is 12.1 Å². The van der Waals surface area contributed by atoms with Crippen LogP contribution in [0, 0.1) is 23.2 Å². The number of piperidine rings is 1. The largest absolute Gasteiger partial charge is 0.347 e. The van der Waals surface area contributed by atoms with Gasteiger partial charge in [0.2, 0.25) is 23.5 Å².